The summed E-state index contributed by atoms with van der Waals surface area (Å²) in [6.07, 6.45) is 3.04. The lowest BCUT2D eigenvalue weighted by Gasteiger charge is -2.26. The Labute approximate surface area is 226 Å². The maximum Gasteiger partial charge on any atom is 0.326 e. The number of carboxylic acids is 1. The second kappa shape index (κ2) is 14.7. The molecule has 0 bridgehead atoms. The number of nitrogens with one attached hydrogen (secondary N) is 4. The number of fused-ring (bicyclic) bond motifs is 1. The zero-order valence-corrected chi connectivity index (χ0v) is 23.0. The molecule has 2 aromatic rings. The number of H-pyrrole nitrogens is 1. The maximum atomic E-state index is 13.4. The molecule has 0 aliphatic heterocycles. The summed E-state index contributed by atoms with van der Waals surface area (Å²) in [5.74, 6) is -2.57. The van der Waals surface area contributed by atoms with E-state index in [1.807, 2.05) is 44.4 Å². The molecule has 0 aliphatic carbocycles. The Morgan fingerprint density at radius 2 is 1.58 bits per heavy atom. The highest BCUT2D eigenvalue weighted by Crippen LogP contribution is 2.19. The van der Waals surface area contributed by atoms with Crippen LogP contribution in [0.3, 0.4) is 0 Å². The van der Waals surface area contributed by atoms with Crippen molar-refractivity contribution in [1.29, 1.82) is 0 Å². The van der Waals surface area contributed by atoms with E-state index in [1.165, 1.54) is 18.7 Å². The number of aromatic nitrogens is 1. The van der Waals surface area contributed by atoms with Crippen molar-refractivity contribution in [3.8, 4) is 0 Å². The number of aromatic amines is 1. The van der Waals surface area contributed by atoms with Gasteiger partial charge in [0.15, 0.2) is 0 Å². The molecule has 2 rings (SSSR count). The van der Waals surface area contributed by atoms with Gasteiger partial charge in [-0.05, 0) is 49.3 Å². The molecule has 1 aromatic carbocycles. The number of rotatable bonds is 15. The Balaban J connectivity index is 2.32. The monoisotopic (exact) mass is 549 g/mol. The first-order valence-corrected chi connectivity index (χ1v) is 13.9. The first kappa shape index (κ1) is 31.1. The van der Waals surface area contributed by atoms with Crippen LogP contribution >= 0.6 is 11.8 Å². The first-order chi connectivity index (χ1) is 17.9. The summed E-state index contributed by atoms with van der Waals surface area (Å²) in [5, 5.41) is 28.0. The van der Waals surface area contributed by atoms with Gasteiger partial charge in [0, 0.05) is 23.5 Å². The molecule has 1 aromatic heterocycles. The van der Waals surface area contributed by atoms with Crippen LogP contribution < -0.4 is 21.7 Å². The number of aliphatic hydroxyl groups excluding tert-OH is 1. The van der Waals surface area contributed by atoms with Crippen LogP contribution in [0, 0.1) is 5.92 Å². The van der Waals surface area contributed by atoms with Gasteiger partial charge < -0.3 is 36.9 Å². The molecule has 0 spiro atoms. The Morgan fingerprint density at radius 1 is 0.974 bits per heavy atom. The molecule has 1 heterocycles. The highest BCUT2D eigenvalue weighted by molar-refractivity contribution is 7.98. The van der Waals surface area contributed by atoms with Crippen molar-refractivity contribution in [2.75, 3.05) is 12.0 Å². The summed E-state index contributed by atoms with van der Waals surface area (Å²) in [6, 6.07) is 3.02. The number of aliphatic carboxylic acids is 1. The average molecular weight is 550 g/mol. The number of nitrogens with two attached hydrogens (primary N) is 1. The second-order valence-corrected chi connectivity index (χ2v) is 10.7. The van der Waals surface area contributed by atoms with Crippen molar-refractivity contribution in [3.63, 3.8) is 0 Å². The lowest BCUT2D eigenvalue weighted by molar-refractivity contribution is -0.142. The standard InChI is InChI=1S/C26H39N5O6S/c1-14(2)11-20(31-25(35)22(27)15(3)32)23(33)30-21(24(34)29-19(26(36)37)9-10-38-4)12-16-13-28-18-8-6-5-7-17(16)18/h5-8,13-15,19-22,28,32H,9-12,27H2,1-4H3,(H,29,34)(H,30,33)(H,31,35)(H,36,37). The van der Waals surface area contributed by atoms with Gasteiger partial charge in [-0.3, -0.25) is 14.4 Å². The number of thioether (sulfide) groups is 1. The van der Waals surface area contributed by atoms with Crippen LogP contribution in [0.25, 0.3) is 10.9 Å². The molecule has 0 fully saturated rings. The van der Waals surface area contributed by atoms with Crippen LogP contribution in [0.4, 0.5) is 0 Å². The summed E-state index contributed by atoms with van der Waals surface area (Å²) < 4.78 is 0. The SMILES string of the molecule is CSCCC(NC(=O)C(Cc1c[nH]c2ccccc12)NC(=O)C(CC(C)C)NC(=O)C(N)C(C)O)C(=O)O. The normalized spacial score (nSPS) is 15.3. The number of hydrogen-bond donors (Lipinski definition) is 7. The number of para-hydroxylation sites is 1. The fourth-order valence-corrected chi connectivity index (χ4v) is 4.43. The zero-order chi connectivity index (χ0) is 28.4. The van der Waals surface area contributed by atoms with Crippen molar-refractivity contribution in [2.24, 2.45) is 11.7 Å². The minimum atomic E-state index is -1.23. The van der Waals surface area contributed by atoms with Gasteiger partial charge in [-0.2, -0.15) is 11.8 Å². The molecule has 3 amide bonds. The highest BCUT2D eigenvalue weighted by Gasteiger charge is 2.31. The van der Waals surface area contributed by atoms with E-state index in [9.17, 15) is 29.4 Å². The van der Waals surface area contributed by atoms with E-state index < -0.39 is 54.0 Å². The molecule has 0 radical (unpaired) electrons. The van der Waals surface area contributed by atoms with E-state index in [0.717, 1.165) is 16.5 Å². The van der Waals surface area contributed by atoms with E-state index in [0.29, 0.717) is 5.75 Å². The molecule has 0 aliphatic rings. The van der Waals surface area contributed by atoms with E-state index >= 15 is 0 Å². The number of aliphatic hydroxyl groups is 1. The Kier molecular flexibility index (Phi) is 12.1. The molecular weight excluding hydrogens is 510 g/mol. The third-order valence-corrected chi connectivity index (χ3v) is 6.76. The molecule has 5 atom stereocenters. The molecule has 38 heavy (non-hydrogen) atoms. The molecule has 0 saturated heterocycles. The molecule has 11 nitrogen and oxygen atoms in total. The summed E-state index contributed by atoms with van der Waals surface area (Å²) in [5.41, 5.74) is 7.35. The van der Waals surface area contributed by atoms with Crippen LogP contribution in [0.1, 0.15) is 39.2 Å². The lowest BCUT2D eigenvalue weighted by atomic mass is 10.00. The molecule has 12 heteroatoms. The minimum Gasteiger partial charge on any atom is -0.480 e. The van der Waals surface area contributed by atoms with Gasteiger partial charge in [-0.15, -0.1) is 0 Å². The Bertz CT molecular complexity index is 1100. The first-order valence-electron chi connectivity index (χ1n) is 12.6. The topological polar surface area (TPSA) is 187 Å². The number of carbonyl (C=O) groups excluding carboxylic acids is 3. The van der Waals surface area contributed by atoms with Crippen LogP contribution in [0.5, 0.6) is 0 Å². The van der Waals surface area contributed by atoms with Crippen LogP contribution in [0.15, 0.2) is 30.5 Å². The van der Waals surface area contributed by atoms with Crippen LogP contribution in [0.2, 0.25) is 0 Å². The number of hydrogen-bond acceptors (Lipinski definition) is 7. The molecule has 210 valence electrons. The summed E-state index contributed by atoms with van der Waals surface area (Å²) in [6.45, 7) is 5.12. The lowest BCUT2D eigenvalue weighted by Crippen LogP contribution is -2.58. The predicted octanol–water partition coefficient (Wildman–Crippen LogP) is 0.757. The zero-order valence-electron chi connectivity index (χ0n) is 22.2. The van der Waals surface area contributed by atoms with Crippen LogP contribution in [-0.4, -0.2) is 81.2 Å². The van der Waals surface area contributed by atoms with Gasteiger partial charge in [-0.25, -0.2) is 4.79 Å². The van der Waals surface area contributed by atoms with Crippen molar-refractivity contribution in [2.45, 2.75) is 70.3 Å². The maximum absolute atomic E-state index is 13.4. The second-order valence-electron chi connectivity index (χ2n) is 9.76. The van der Waals surface area contributed by atoms with E-state index in [2.05, 4.69) is 20.9 Å². The van der Waals surface area contributed by atoms with Gasteiger partial charge in [0.05, 0.1) is 6.10 Å². The number of carboxylic acid groups (broad SMARTS) is 1. The number of benzene rings is 1. The fraction of sp³-hybridized carbons (Fsp3) is 0.538. The van der Waals surface area contributed by atoms with Crippen molar-refractivity contribution < 1.29 is 29.4 Å². The van der Waals surface area contributed by atoms with Gasteiger partial charge in [0.1, 0.15) is 24.2 Å². The van der Waals surface area contributed by atoms with Gasteiger partial charge in [0.2, 0.25) is 17.7 Å². The summed E-state index contributed by atoms with van der Waals surface area (Å²) >= 11 is 1.46. The summed E-state index contributed by atoms with van der Waals surface area (Å²) in [7, 11) is 0. The molecule has 0 saturated carbocycles. The Morgan fingerprint density at radius 3 is 2.18 bits per heavy atom. The van der Waals surface area contributed by atoms with Crippen molar-refractivity contribution in [1.82, 2.24) is 20.9 Å². The quantitative estimate of drug-likeness (QED) is 0.170. The molecular formula is C26H39N5O6S. The predicted molar refractivity (Wildman–Crippen MR) is 148 cm³/mol. The number of amides is 3. The third kappa shape index (κ3) is 9.03. The molecule has 8 N–H and O–H groups in total. The van der Waals surface area contributed by atoms with Crippen molar-refractivity contribution in [3.05, 3.63) is 36.0 Å². The summed E-state index contributed by atoms with van der Waals surface area (Å²) in [4.78, 5) is 54.1. The minimum absolute atomic E-state index is 0.0117. The van der Waals surface area contributed by atoms with E-state index in [4.69, 9.17) is 5.73 Å². The van der Waals surface area contributed by atoms with Gasteiger partial charge in [0.25, 0.3) is 0 Å². The smallest absolute Gasteiger partial charge is 0.326 e. The number of carbonyl (C=O) groups is 4. The van der Waals surface area contributed by atoms with Gasteiger partial charge >= 0.3 is 5.97 Å². The molecule has 5 unspecified atom stereocenters. The average Bonchev–Trinajstić information content (AvgIpc) is 3.27. The largest absolute Gasteiger partial charge is 0.480 e. The fourth-order valence-electron chi connectivity index (χ4n) is 3.96. The van der Waals surface area contributed by atoms with E-state index in [-0.39, 0.29) is 25.2 Å². The Hall–Kier alpha value is -3.09. The van der Waals surface area contributed by atoms with Gasteiger partial charge in [-0.1, -0.05) is 32.0 Å². The van der Waals surface area contributed by atoms with Crippen LogP contribution in [-0.2, 0) is 25.6 Å². The highest BCUT2D eigenvalue weighted by atomic mass is 32.2. The third-order valence-electron chi connectivity index (χ3n) is 6.12. The van der Waals surface area contributed by atoms with E-state index in [1.54, 1.807) is 6.20 Å². The van der Waals surface area contributed by atoms with Crippen molar-refractivity contribution >= 4 is 46.4 Å².